The van der Waals surface area contributed by atoms with Crippen molar-refractivity contribution in [1.82, 2.24) is 5.32 Å². The highest BCUT2D eigenvalue weighted by Crippen LogP contribution is 1.81. The van der Waals surface area contributed by atoms with Crippen LogP contribution in [0.15, 0.2) is 12.2 Å². The summed E-state index contributed by atoms with van der Waals surface area (Å²) in [4.78, 5) is 21.4. The monoisotopic (exact) mass is 171 g/mol. The maximum atomic E-state index is 10.8. The predicted molar refractivity (Wildman–Crippen MR) is 44.6 cm³/mol. The summed E-state index contributed by atoms with van der Waals surface area (Å²) in [6.07, 6.45) is 3.02. The van der Waals surface area contributed by atoms with Crippen molar-refractivity contribution in [2.45, 2.75) is 20.3 Å². The summed E-state index contributed by atoms with van der Waals surface area (Å²) in [7, 11) is 0. The van der Waals surface area contributed by atoms with Crippen LogP contribution in [0.3, 0.4) is 0 Å². The van der Waals surface area contributed by atoms with Gasteiger partial charge in [0.1, 0.15) is 0 Å². The van der Waals surface area contributed by atoms with Crippen molar-refractivity contribution in [1.29, 1.82) is 0 Å². The zero-order valence-corrected chi connectivity index (χ0v) is 7.29. The van der Waals surface area contributed by atoms with Crippen LogP contribution >= 0.6 is 0 Å². The molecule has 0 unspecified atom stereocenters. The first-order valence-electron chi connectivity index (χ1n) is 3.85. The van der Waals surface area contributed by atoms with E-state index < -0.39 is 12.0 Å². The van der Waals surface area contributed by atoms with Gasteiger partial charge in [-0.25, -0.2) is 4.79 Å². The number of hydrogen-bond donors (Lipinski definition) is 1. The molecule has 0 aliphatic heterocycles. The lowest BCUT2D eigenvalue weighted by Gasteiger charge is -1.99. The number of ether oxygens (including phenoxy) is 1. The smallest absolute Gasteiger partial charge is 0.414 e. The van der Waals surface area contributed by atoms with Crippen LogP contribution in [0.4, 0.5) is 4.79 Å². The summed E-state index contributed by atoms with van der Waals surface area (Å²) in [6.45, 7) is 3.83. The van der Waals surface area contributed by atoms with Crippen LogP contribution in [0, 0.1) is 0 Å². The van der Waals surface area contributed by atoms with E-state index >= 15 is 0 Å². The standard InChI is InChI=1S/C8H13NO3/c1-3-5-6-7(10)9-8(11)12-4-2/h5-6H,3-4H2,1-2H3,(H,9,10,11). The molecule has 0 fully saturated rings. The van der Waals surface area contributed by atoms with E-state index in [-0.39, 0.29) is 6.61 Å². The fourth-order valence-corrected chi connectivity index (χ4v) is 0.534. The Kier molecular flexibility index (Phi) is 5.69. The minimum Gasteiger partial charge on any atom is -0.450 e. The molecule has 4 heteroatoms. The maximum Gasteiger partial charge on any atom is 0.414 e. The van der Waals surface area contributed by atoms with Crippen molar-refractivity contribution in [2.24, 2.45) is 0 Å². The van der Waals surface area contributed by atoms with Crippen molar-refractivity contribution in [3.05, 3.63) is 12.2 Å². The van der Waals surface area contributed by atoms with Crippen LogP contribution in [-0.2, 0) is 9.53 Å². The molecule has 0 aromatic rings. The van der Waals surface area contributed by atoms with E-state index in [2.05, 4.69) is 4.74 Å². The first-order valence-corrected chi connectivity index (χ1v) is 3.85. The number of carbonyl (C=O) groups is 2. The van der Waals surface area contributed by atoms with Gasteiger partial charge < -0.3 is 4.74 Å². The van der Waals surface area contributed by atoms with Crippen LogP contribution in [0.25, 0.3) is 0 Å². The minimum atomic E-state index is -0.705. The third-order valence-electron chi connectivity index (χ3n) is 1.01. The summed E-state index contributed by atoms with van der Waals surface area (Å²) in [5, 5.41) is 2.03. The Bertz CT molecular complexity index is 187. The lowest BCUT2D eigenvalue weighted by atomic mass is 10.4. The zero-order valence-electron chi connectivity index (χ0n) is 7.29. The average molecular weight is 171 g/mol. The van der Waals surface area contributed by atoms with Gasteiger partial charge in [0.15, 0.2) is 0 Å². The molecular formula is C8H13NO3. The highest BCUT2D eigenvalue weighted by molar-refractivity contribution is 5.98. The summed E-state index contributed by atoms with van der Waals surface area (Å²) in [5.41, 5.74) is 0. The number of nitrogens with one attached hydrogen (secondary N) is 1. The Morgan fingerprint density at radius 3 is 2.58 bits per heavy atom. The topological polar surface area (TPSA) is 55.4 Å². The first-order chi connectivity index (χ1) is 5.70. The Balaban J connectivity index is 3.69. The van der Waals surface area contributed by atoms with Gasteiger partial charge >= 0.3 is 6.09 Å². The van der Waals surface area contributed by atoms with Gasteiger partial charge in [-0.3, -0.25) is 10.1 Å². The van der Waals surface area contributed by atoms with E-state index in [0.29, 0.717) is 0 Å². The second-order valence-corrected chi connectivity index (χ2v) is 2.02. The maximum absolute atomic E-state index is 10.8. The van der Waals surface area contributed by atoms with E-state index in [1.165, 1.54) is 6.08 Å². The van der Waals surface area contributed by atoms with Gasteiger partial charge in [0.05, 0.1) is 6.61 Å². The fraction of sp³-hybridized carbons (Fsp3) is 0.500. The number of imide groups is 1. The van der Waals surface area contributed by atoms with Gasteiger partial charge in [-0.1, -0.05) is 13.0 Å². The molecule has 68 valence electrons. The normalized spacial score (nSPS) is 9.83. The second-order valence-electron chi connectivity index (χ2n) is 2.02. The van der Waals surface area contributed by atoms with E-state index in [1.54, 1.807) is 13.0 Å². The quantitative estimate of drug-likeness (QED) is 0.649. The van der Waals surface area contributed by atoms with E-state index in [1.807, 2.05) is 12.2 Å². The second kappa shape index (κ2) is 6.39. The number of carbonyl (C=O) groups excluding carboxylic acids is 2. The Labute approximate surface area is 71.6 Å². The van der Waals surface area contributed by atoms with Crippen molar-refractivity contribution in [3.63, 3.8) is 0 Å². The highest BCUT2D eigenvalue weighted by Gasteiger charge is 2.02. The molecule has 2 amide bonds. The van der Waals surface area contributed by atoms with Crippen LogP contribution in [-0.4, -0.2) is 18.6 Å². The van der Waals surface area contributed by atoms with Gasteiger partial charge in [-0.05, 0) is 19.4 Å². The van der Waals surface area contributed by atoms with Gasteiger partial charge in [-0.2, -0.15) is 0 Å². The molecule has 0 aromatic carbocycles. The third-order valence-corrected chi connectivity index (χ3v) is 1.01. The molecule has 0 aliphatic rings. The molecule has 4 nitrogen and oxygen atoms in total. The minimum absolute atomic E-state index is 0.261. The number of alkyl carbamates (subject to hydrolysis) is 1. The molecule has 12 heavy (non-hydrogen) atoms. The first kappa shape index (κ1) is 10.7. The van der Waals surface area contributed by atoms with E-state index in [9.17, 15) is 9.59 Å². The summed E-state index contributed by atoms with van der Waals surface area (Å²) in [6, 6.07) is 0. The van der Waals surface area contributed by atoms with Crippen LogP contribution < -0.4 is 5.32 Å². The van der Waals surface area contributed by atoms with Gasteiger partial charge in [0.2, 0.25) is 0 Å². The third kappa shape index (κ3) is 5.46. The molecule has 1 N–H and O–H groups in total. The molecule has 0 heterocycles. The van der Waals surface area contributed by atoms with Crippen LogP contribution in [0.1, 0.15) is 20.3 Å². The lowest BCUT2D eigenvalue weighted by Crippen LogP contribution is -2.29. The number of hydrogen-bond acceptors (Lipinski definition) is 3. The highest BCUT2D eigenvalue weighted by atomic mass is 16.5. The lowest BCUT2D eigenvalue weighted by molar-refractivity contribution is -0.115. The van der Waals surface area contributed by atoms with E-state index in [0.717, 1.165) is 6.42 Å². The zero-order chi connectivity index (χ0) is 9.40. The predicted octanol–water partition coefficient (Wildman–Crippen LogP) is 1.23. The molecule has 0 spiro atoms. The SMILES string of the molecule is CCC=CC(=O)NC(=O)OCC. The number of rotatable bonds is 3. The van der Waals surface area contributed by atoms with Crippen LogP contribution in [0.5, 0.6) is 0 Å². The van der Waals surface area contributed by atoms with Gasteiger partial charge in [0.25, 0.3) is 5.91 Å². The molecule has 0 bridgehead atoms. The van der Waals surface area contributed by atoms with Crippen molar-refractivity contribution >= 4 is 12.0 Å². The summed E-state index contributed by atoms with van der Waals surface area (Å²) >= 11 is 0. The van der Waals surface area contributed by atoms with Crippen molar-refractivity contribution in [3.8, 4) is 0 Å². The number of allylic oxidation sites excluding steroid dienone is 1. The molecule has 0 aliphatic carbocycles. The van der Waals surface area contributed by atoms with Gasteiger partial charge in [0, 0.05) is 0 Å². The van der Waals surface area contributed by atoms with Crippen LogP contribution in [0.2, 0.25) is 0 Å². The molecule has 0 rings (SSSR count). The molecule has 0 saturated carbocycles. The molecule has 0 atom stereocenters. The Hall–Kier alpha value is -1.32. The average Bonchev–Trinajstić information content (AvgIpc) is 2.01. The Morgan fingerprint density at radius 1 is 1.42 bits per heavy atom. The fourth-order valence-electron chi connectivity index (χ4n) is 0.534. The summed E-state index contributed by atoms with van der Waals surface area (Å²) in [5.74, 6) is -0.449. The molecule has 0 aromatic heterocycles. The summed E-state index contributed by atoms with van der Waals surface area (Å²) < 4.78 is 4.49. The van der Waals surface area contributed by atoms with Gasteiger partial charge in [-0.15, -0.1) is 0 Å². The molecule has 0 radical (unpaired) electrons. The largest absolute Gasteiger partial charge is 0.450 e. The number of amides is 2. The molecule has 0 saturated heterocycles. The molecular weight excluding hydrogens is 158 g/mol. The van der Waals surface area contributed by atoms with Crippen molar-refractivity contribution in [2.75, 3.05) is 6.61 Å². The van der Waals surface area contributed by atoms with Crippen molar-refractivity contribution < 1.29 is 14.3 Å². The van der Waals surface area contributed by atoms with E-state index in [4.69, 9.17) is 0 Å². The Morgan fingerprint density at radius 2 is 2.08 bits per heavy atom.